The van der Waals surface area contributed by atoms with Crippen molar-refractivity contribution in [2.45, 2.75) is 19.9 Å². The van der Waals surface area contributed by atoms with Crippen molar-refractivity contribution in [1.82, 2.24) is 5.32 Å². The summed E-state index contributed by atoms with van der Waals surface area (Å²) in [7, 11) is 1.47. The van der Waals surface area contributed by atoms with E-state index in [1.165, 1.54) is 18.2 Å². The van der Waals surface area contributed by atoms with Crippen molar-refractivity contribution < 1.29 is 9.13 Å². The summed E-state index contributed by atoms with van der Waals surface area (Å²) in [6.07, 6.45) is 0. The average Bonchev–Trinajstić information content (AvgIpc) is 2.46. The number of aryl methyl sites for hydroxylation is 1. The van der Waals surface area contributed by atoms with Crippen molar-refractivity contribution in [3.8, 4) is 5.75 Å². The summed E-state index contributed by atoms with van der Waals surface area (Å²) in [6.45, 7) is 4.93. The van der Waals surface area contributed by atoms with Crippen LogP contribution in [0, 0.1) is 12.7 Å². The van der Waals surface area contributed by atoms with Crippen LogP contribution in [0.1, 0.15) is 29.7 Å². The number of nitrogens with one attached hydrogen (secondary N) is 1. The Morgan fingerprint density at radius 1 is 1.20 bits per heavy atom. The van der Waals surface area contributed by atoms with Gasteiger partial charge in [-0.25, -0.2) is 4.39 Å². The van der Waals surface area contributed by atoms with Gasteiger partial charge in [-0.2, -0.15) is 0 Å². The number of rotatable bonds is 5. The predicted octanol–water partition coefficient (Wildman–Crippen LogP) is 3.84. The molecule has 0 saturated carbocycles. The predicted molar refractivity (Wildman–Crippen MR) is 79.7 cm³/mol. The lowest BCUT2D eigenvalue weighted by atomic mass is 9.95. The van der Waals surface area contributed by atoms with Crippen LogP contribution in [0.2, 0.25) is 0 Å². The SMILES string of the molecule is CCNC(c1ccc(OC)c(F)c1)c1ccccc1C. The summed E-state index contributed by atoms with van der Waals surface area (Å²) >= 11 is 0. The van der Waals surface area contributed by atoms with Crippen molar-refractivity contribution in [1.29, 1.82) is 0 Å². The Labute approximate surface area is 119 Å². The van der Waals surface area contributed by atoms with Crippen LogP contribution < -0.4 is 10.1 Å². The van der Waals surface area contributed by atoms with Crippen LogP contribution in [0.4, 0.5) is 4.39 Å². The standard InChI is InChI=1S/C17H20FNO/c1-4-19-17(14-8-6-5-7-12(14)2)13-9-10-16(20-3)15(18)11-13/h5-11,17,19H,4H2,1-3H3. The van der Waals surface area contributed by atoms with E-state index in [0.29, 0.717) is 0 Å². The maximum absolute atomic E-state index is 13.9. The van der Waals surface area contributed by atoms with Crippen LogP contribution in [0.3, 0.4) is 0 Å². The molecule has 0 saturated heterocycles. The monoisotopic (exact) mass is 273 g/mol. The van der Waals surface area contributed by atoms with Gasteiger partial charge < -0.3 is 10.1 Å². The molecule has 2 aromatic carbocycles. The highest BCUT2D eigenvalue weighted by Crippen LogP contribution is 2.28. The van der Waals surface area contributed by atoms with Gasteiger partial charge in [-0.15, -0.1) is 0 Å². The molecule has 20 heavy (non-hydrogen) atoms. The molecule has 0 aliphatic rings. The van der Waals surface area contributed by atoms with E-state index in [2.05, 4.69) is 24.4 Å². The number of halogens is 1. The van der Waals surface area contributed by atoms with E-state index in [9.17, 15) is 4.39 Å². The molecule has 2 aromatic rings. The van der Waals surface area contributed by atoms with Crippen molar-refractivity contribution in [3.63, 3.8) is 0 Å². The van der Waals surface area contributed by atoms with E-state index in [0.717, 1.165) is 12.1 Å². The smallest absolute Gasteiger partial charge is 0.165 e. The molecular formula is C17H20FNO. The van der Waals surface area contributed by atoms with E-state index in [4.69, 9.17) is 4.74 Å². The van der Waals surface area contributed by atoms with E-state index >= 15 is 0 Å². The summed E-state index contributed by atoms with van der Waals surface area (Å²) in [5.41, 5.74) is 3.26. The van der Waals surface area contributed by atoms with Crippen LogP contribution in [0.25, 0.3) is 0 Å². The van der Waals surface area contributed by atoms with Crippen LogP contribution in [0.15, 0.2) is 42.5 Å². The minimum absolute atomic E-state index is 0.0124. The van der Waals surface area contributed by atoms with Crippen molar-refractivity contribution in [2.75, 3.05) is 13.7 Å². The molecule has 3 heteroatoms. The minimum atomic E-state index is -0.332. The average molecular weight is 273 g/mol. The molecular weight excluding hydrogens is 253 g/mol. The lowest BCUT2D eigenvalue weighted by Gasteiger charge is -2.21. The van der Waals surface area contributed by atoms with Gasteiger partial charge in [-0.3, -0.25) is 0 Å². The van der Waals surface area contributed by atoms with Gasteiger partial charge in [-0.05, 0) is 42.3 Å². The Bertz CT molecular complexity index is 583. The molecule has 0 aliphatic carbocycles. The second-order valence-corrected chi connectivity index (χ2v) is 4.74. The highest BCUT2D eigenvalue weighted by molar-refractivity contribution is 5.39. The molecule has 0 spiro atoms. The molecule has 1 N–H and O–H groups in total. The number of methoxy groups -OCH3 is 1. The summed E-state index contributed by atoms with van der Waals surface area (Å²) in [6, 6.07) is 13.3. The molecule has 2 nitrogen and oxygen atoms in total. The van der Waals surface area contributed by atoms with Crippen molar-refractivity contribution in [3.05, 3.63) is 65.0 Å². The molecule has 0 fully saturated rings. The van der Waals surface area contributed by atoms with Gasteiger partial charge in [0.15, 0.2) is 11.6 Å². The first-order chi connectivity index (χ1) is 9.67. The molecule has 0 radical (unpaired) electrons. The second-order valence-electron chi connectivity index (χ2n) is 4.74. The molecule has 0 aromatic heterocycles. The maximum atomic E-state index is 13.9. The molecule has 0 heterocycles. The lowest BCUT2D eigenvalue weighted by Crippen LogP contribution is -2.22. The van der Waals surface area contributed by atoms with Crippen LogP contribution in [0.5, 0.6) is 5.75 Å². The highest BCUT2D eigenvalue weighted by atomic mass is 19.1. The fourth-order valence-electron chi connectivity index (χ4n) is 2.38. The highest BCUT2D eigenvalue weighted by Gasteiger charge is 2.16. The summed E-state index contributed by atoms with van der Waals surface area (Å²) in [5, 5.41) is 3.41. The Kier molecular flexibility index (Phi) is 4.74. The first-order valence-electron chi connectivity index (χ1n) is 6.79. The van der Waals surface area contributed by atoms with Gasteiger partial charge in [0, 0.05) is 0 Å². The zero-order valence-electron chi connectivity index (χ0n) is 12.1. The Morgan fingerprint density at radius 3 is 2.55 bits per heavy atom. The van der Waals surface area contributed by atoms with Gasteiger partial charge in [0.1, 0.15) is 0 Å². The van der Waals surface area contributed by atoms with E-state index in [1.807, 2.05) is 25.1 Å². The third-order valence-corrected chi connectivity index (χ3v) is 3.42. The number of hydrogen-bond acceptors (Lipinski definition) is 2. The number of hydrogen-bond donors (Lipinski definition) is 1. The third kappa shape index (κ3) is 2.99. The van der Waals surface area contributed by atoms with E-state index < -0.39 is 0 Å². The van der Waals surface area contributed by atoms with Crippen LogP contribution in [-0.4, -0.2) is 13.7 Å². The molecule has 0 aliphatic heterocycles. The van der Waals surface area contributed by atoms with Gasteiger partial charge in [0.25, 0.3) is 0 Å². The number of ether oxygens (including phenoxy) is 1. The Hall–Kier alpha value is -1.87. The summed E-state index contributed by atoms with van der Waals surface area (Å²) in [5.74, 6) is -0.0599. The molecule has 0 bridgehead atoms. The van der Waals surface area contributed by atoms with Gasteiger partial charge in [0.05, 0.1) is 13.2 Å². The molecule has 1 atom stereocenters. The van der Waals surface area contributed by atoms with Gasteiger partial charge in [0.2, 0.25) is 0 Å². The maximum Gasteiger partial charge on any atom is 0.165 e. The van der Waals surface area contributed by atoms with E-state index in [-0.39, 0.29) is 17.6 Å². The van der Waals surface area contributed by atoms with Gasteiger partial charge in [-0.1, -0.05) is 37.3 Å². The molecule has 106 valence electrons. The largest absolute Gasteiger partial charge is 0.494 e. The fraction of sp³-hybridized carbons (Fsp3) is 0.294. The number of benzene rings is 2. The van der Waals surface area contributed by atoms with Crippen LogP contribution in [-0.2, 0) is 0 Å². The molecule has 2 rings (SSSR count). The zero-order valence-corrected chi connectivity index (χ0v) is 12.1. The van der Waals surface area contributed by atoms with Crippen LogP contribution >= 0.6 is 0 Å². The first-order valence-corrected chi connectivity index (χ1v) is 6.79. The van der Waals surface area contributed by atoms with Gasteiger partial charge >= 0.3 is 0 Å². The van der Waals surface area contributed by atoms with Crippen molar-refractivity contribution in [2.24, 2.45) is 0 Å². The Morgan fingerprint density at radius 2 is 1.95 bits per heavy atom. The quantitative estimate of drug-likeness (QED) is 0.893. The Balaban J connectivity index is 2.43. The minimum Gasteiger partial charge on any atom is -0.494 e. The van der Waals surface area contributed by atoms with Crippen molar-refractivity contribution >= 4 is 0 Å². The molecule has 0 amide bonds. The third-order valence-electron chi connectivity index (χ3n) is 3.42. The first kappa shape index (κ1) is 14.5. The topological polar surface area (TPSA) is 21.3 Å². The fourth-order valence-corrected chi connectivity index (χ4v) is 2.38. The summed E-state index contributed by atoms with van der Waals surface area (Å²) < 4.78 is 18.9. The lowest BCUT2D eigenvalue weighted by molar-refractivity contribution is 0.385. The normalized spacial score (nSPS) is 12.2. The van der Waals surface area contributed by atoms with E-state index in [1.54, 1.807) is 12.1 Å². The molecule has 1 unspecified atom stereocenters. The summed E-state index contributed by atoms with van der Waals surface area (Å²) in [4.78, 5) is 0. The second kappa shape index (κ2) is 6.53. The zero-order chi connectivity index (χ0) is 14.5.